The number of hydrogen-bond acceptors (Lipinski definition) is 8. The molecule has 3 N–H and O–H groups in total. The summed E-state index contributed by atoms with van der Waals surface area (Å²) in [4.78, 5) is 42.9. The Hall–Kier alpha value is -3.34. The van der Waals surface area contributed by atoms with Gasteiger partial charge in [0.05, 0.1) is 42.5 Å². The number of morpholine rings is 1. The quantitative estimate of drug-likeness (QED) is 0.309. The van der Waals surface area contributed by atoms with E-state index in [0.717, 1.165) is 19.4 Å². The van der Waals surface area contributed by atoms with Crippen LogP contribution in [0.15, 0.2) is 36.4 Å². The van der Waals surface area contributed by atoms with Crippen molar-refractivity contribution < 1.29 is 28.6 Å². The monoisotopic (exact) mass is 570 g/mol. The number of halogens is 1. The van der Waals surface area contributed by atoms with E-state index in [2.05, 4.69) is 10.2 Å². The molecule has 0 spiro atoms. The maximum absolute atomic E-state index is 12.9. The molecular weight excluding hydrogens is 536 g/mol. The van der Waals surface area contributed by atoms with Crippen LogP contribution in [0.2, 0.25) is 5.02 Å². The molecule has 2 aromatic carbocycles. The fourth-order valence-corrected chi connectivity index (χ4v) is 5.97. The van der Waals surface area contributed by atoms with Gasteiger partial charge in [0.2, 0.25) is 0 Å². The highest BCUT2D eigenvalue weighted by atomic mass is 35.5. The maximum atomic E-state index is 12.9. The van der Waals surface area contributed by atoms with Crippen LogP contribution in [0, 0.1) is 11.8 Å². The van der Waals surface area contributed by atoms with E-state index in [1.807, 2.05) is 4.90 Å². The molecule has 4 bridgehead atoms. The van der Waals surface area contributed by atoms with E-state index in [1.54, 1.807) is 24.3 Å². The molecule has 10 nitrogen and oxygen atoms in total. The lowest BCUT2D eigenvalue weighted by Gasteiger charge is -2.40. The molecule has 0 saturated carbocycles. The fourth-order valence-electron chi connectivity index (χ4n) is 5.81. The normalized spacial score (nSPS) is 23.6. The summed E-state index contributed by atoms with van der Waals surface area (Å²) in [5.41, 5.74) is 7.08. The van der Waals surface area contributed by atoms with E-state index >= 15 is 0 Å². The number of nitrogens with two attached hydrogens (primary N) is 1. The maximum Gasteiger partial charge on any atom is 0.311 e. The third-order valence-corrected chi connectivity index (χ3v) is 8.35. The SMILES string of the molecule is COc1cc(N)c(Cl)cc1C(=O)NCC1CN(CC2CC(=O)Oc3ccc(cc3)C(=O)N3CCC2CC3)CCO1. The van der Waals surface area contributed by atoms with Gasteiger partial charge in [-0.25, -0.2) is 0 Å². The summed E-state index contributed by atoms with van der Waals surface area (Å²) in [7, 11) is 1.47. The fraction of sp³-hybridized carbons (Fsp3) is 0.483. The molecule has 2 atom stereocenters. The van der Waals surface area contributed by atoms with Crippen LogP contribution < -0.4 is 20.5 Å². The van der Waals surface area contributed by atoms with Gasteiger partial charge in [-0.05, 0) is 55.0 Å². The van der Waals surface area contributed by atoms with Crippen molar-refractivity contribution in [1.29, 1.82) is 0 Å². The topological polar surface area (TPSA) is 123 Å². The number of nitrogens with one attached hydrogen (secondary N) is 1. The number of nitrogens with zero attached hydrogens (tertiary/aromatic N) is 2. The molecule has 0 radical (unpaired) electrons. The standard InChI is InChI=1S/C29H35ClN4O6/c1-38-26-14-25(31)24(30)13-23(26)28(36)32-15-22-17-33(10-11-39-22)16-20-12-27(35)40-21-4-2-19(3-5-21)29(37)34-8-6-18(20)7-9-34/h2-5,13-14,18,20,22H,6-12,15-17,31H2,1H3,(H,32,36). The summed E-state index contributed by atoms with van der Waals surface area (Å²) < 4.78 is 16.9. The van der Waals surface area contributed by atoms with Gasteiger partial charge < -0.3 is 30.2 Å². The van der Waals surface area contributed by atoms with Gasteiger partial charge >= 0.3 is 5.97 Å². The highest BCUT2D eigenvalue weighted by Crippen LogP contribution is 2.31. The number of ether oxygens (including phenoxy) is 3. The Morgan fingerprint density at radius 3 is 2.62 bits per heavy atom. The van der Waals surface area contributed by atoms with Gasteiger partial charge in [0.15, 0.2) is 0 Å². The molecule has 0 aliphatic carbocycles. The third-order valence-electron chi connectivity index (χ3n) is 8.02. The molecule has 6 aliphatic rings. The number of anilines is 1. The minimum Gasteiger partial charge on any atom is -0.496 e. The molecule has 2 unspecified atom stereocenters. The number of hydrogen-bond donors (Lipinski definition) is 2. The molecule has 40 heavy (non-hydrogen) atoms. The van der Waals surface area contributed by atoms with E-state index < -0.39 is 0 Å². The molecule has 2 amide bonds. The first-order valence-electron chi connectivity index (χ1n) is 13.7. The number of nitrogen functional groups attached to an aromatic ring is 1. The summed E-state index contributed by atoms with van der Waals surface area (Å²) in [6.45, 7) is 4.23. The van der Waals surface area contributed by atoms with Crippen LogP contribution in [-0.4, -0.2) is 86.7 Å². The van der Waals surface area contributed by atoms with Crippen molar-refractivity contribution in [2.24, 2.45) is 11.8 Å². The molecule has 11 heteroatoms. The van der Waals surface area contributed by atoms with Crippen LogP contribution in [0.1, 0.15) is 40.0 Å². The van der Waals surface area contributed by atoms with Crippen LogP contribution in [0.3, 0.4) is 0 Å². The molecule has 2 aromatic rings. The van der Waals surface area contributed by atoms with Crippen molar-refractivity contribution in [3.63, 3.8) is 0 Å². The number of piperidine rings is 1. The molecule has 214 valence electrons. The van der Waals surface area contributed by atoms with Gasteiger partial charge in [0.1, 0.15) is 11.5 Å². The minimum atomic E-state index is -0.327. The average Bonchev–Trinajstić information content (AvgIpc) is 2.98. The van der Waals surface area contributed by atoms with E-state index in [-0.39, 0.29) is 34.8 Å². The molecule has 8 rings (SSSR count). The lowest BCUT2D eigenvalue weighted by molar-refractivity contribution is -0.136. The van der Waals surface area contributed by atoms with Crippen molar-refractivity contribution in [3.8, 4) is 11.5 Å². The number of benzene rings is 2. The number of methoxy groups -OCH3 is 1. The van der Waals surface area contributed by atoms with E-state index in [1.165, 1.54) is 19.2 Å². The molecule has 6 aliphatic heterocycles. The van der Waals surface area contributed by atoms with E-state index in [4.69, 9.17) is 31.5 Å². The number of carbonyl (C=O) groups is 3. The Morgan fingerprint density at radius 1 is 1.15 bits per heavy atom. The second-order valence-electron chi connectivity index (χ2n) is 10.6. The summed E-state index contributed by atoms with van der Waals surface area (Å²) in [5.74, 6) is 0.602. The Bertz CT molecular complexity index is 1250. The van der Waals surface area contributed by atoms with Gasteiger partial charge in [-0.15, -0.1) is 0 Å². The zero-order valence-corrected chi connectivity index (χ0v) is 23.3. The van der Waals surface area contributed by atoms with E-state index in [0.29, 0.717) is 80.0 Å². The van der Waals surface area contributed by atoms with Crippen molar-refractivity contribution >= 4 is 35.1 Å². The van der Waals surface area contributed by atoms with Crippen LogP contribution >= 0.6 is 11.6 Å². The first kappa shape index (κ1) is 28.2. The predicted molar refractivity (Wildman–Crippen MR) is 150 cm³/mol. The predicted octanol–water partition coefficient (Wildman–Crippen LogP) is 2.84. The van der Waals surface area contributed by atoms with Gasteiger partial charge in [-0.3, -0.25) is 19.3 Å². The lowest BCUT2D eigenvalue weighted by atomic mass is 9.81. The lowest BCUT2D eigenvalue weighted by Crippen LogP contribution is -2.50. The van der Waals surface area contributed by atoms with Gasteiger partial charge in [-0.1, -0.05) is 11.6 Å². The molecule has 2 saturated heterocycles. The molecular formula is C29H35ClN4O6. The second kappa shape index (κ2) is 12.4. The summed E-state index contributed by atoms with van der Waals surface area (Å²) >= 11 is 6.12. The van der Waals surface area contributed by atoms with Gasteiger partial charge in [-0.2, -0.15) is 0 Å². The number of carbonyl (C=O) groups excluding carboxylic acids is 3. The molecule has 6 heterocycles. The Kier molecular flexibility index (Phi) is 8.78. The Morgan fingerprint density at radius 2 is 1.90 bits per heavy atom. The van der Waals surface area contributed by atoms with Crippen molar-refractivity contribution in [1.82, 2.24) is 15.1 Å². The zero-order valence-electron chi connectivity index (χ0n) is 22.6. The highest BCUT2D eigenvalue weighted by Gasteiger charge is 2.34. The molecule has 2 fully saturated rings. The van der Waals surface area contributed by atoms with Gasteiger partial charge in [0, 0.05) is 50.9 Å². The van der Waals surface area contributed by atoms with Gasteiger partial charge in [0.25, 0.3) is 11.8 Å². The Labute approximate surface area is 238 Å². The van der Waals surface area contributed by atoms with Crippen molar-refractivity contribution in [3.05, 3.63) is 52.5 Å². The van der Waals surface area contributed by atoms with Crippen LogP contribution in [0.25, 0.3) is 0 Å². The van der Waals surface area contributed by atoms with E-state index in [9.17, 15) is 14.4 Å². The first-order valence-corrected chi connectivity index (χ1v) is 14.0. The number of rotatable bonds is 6. The largest absolute Gasteiger partial charge is 0.496 e. The smallest absolute Gasteiger partial charge is 0.311 e. The number of amides is 2. The summed E-state index contributed by atoms with van der Waals surface area (Å²) in [5, 5.41) is 3.20. The summed E-state index contributed by atoms with van der Waals surface area (Å²) in [6, 6.07) is 9.83. The van der Waals surface area contributed by atoms with Crippen molar-refractivity contribution in [2.75, 3.05) is 58.7 Å². The zero-order chi connectivity index (χ0) is 28.2. The van der Waals surface area contributed by atoms with Crippen LogP contribution in [0.4, 0.5) is 5.69 Å². The third kappa shape index (κ3) is 6.51. The minimum absolute atomic E-state index is 0.0176. The Balaban J connectivity index is 1.21. The number of esters is 1. The summed E-state index contributed by atoms with van der Waals surface area (Å²) in [6.07, 6.45) is 1.78. The van der Waals surface area contributed by atoms with Crippen LogP contribution in [0.5, 0.6) is 11.5 Å². The highest BCUT2D eigenvalue weighted by molar-refractivity contribution is 6.33. The second-order valence-corrected chi connectivity index (χ2v) is 11.0. The van der Waals surface area contributed by atoms with Crippen molar-refractivity contribution in [2.45, 2.75) is 25.4 Å². The average molecular weight is 571 g/mol. The first-order chi connectivity index (χ1) is 19.3. The van der Waals surface area contributed by atoms with Crippen LogP contribution in [-0.2, 0) is 9.53 Å². The molecule has 0 aromatic heterocycles.